The van der Waals surface area contributed by atoms with Gasteiger partial charge in [-0.2, -0.15) is 13.2 Å². The molecule has 0 saturated carbocycles. The molecule has 1 aromatic heterocycles. The maximum absolute atomic E-state index is 13.4. The first-order valence-electron chi connectivity index (χ1n) is 11.8. The van der Waals surface area contributed by atoms with Crippen LogP contribution in [0, 0.1) is 17.0 Å². The van der Waals surface area contributed by atoms with Gasteiger partial charge in [0.05, 0.1) is 22.0 Å². The summed E-state index contributed by atoms with van der Waals surface area (Å²) in [4.78, 5) is 33.2. The van der Waals surface area contributed by atoms with Gasteiger partial charge in [0.1, 0.15) is 18.2 Å². The average molecular weight is 530 g/mol. The zero-order valence-electron chi connectivity index (χ0n) is 21.0. The van der Waals surface area contributed by atoms with Crippen LogP contribution in [0.15, 0.2) is 42.5 Å². The minimum Gasteiger partial charge on any atom is -0.375 e. The third-order valence-electron chi connectivity index (χ3n) is 6.34. The number of aryl methyl sites for hydroxylation is 1. The molecule has 9 nitrogen and oxygen atoms in total. The molecule has 2 heterocycles. The highest BCUT2D eigenvalue weighted by molar-refractivity contribution is 5.92. The second-order valence-electron chi connectivity index (χ2n) is 9.04. The van der Waals surface area contributed by atoms with E-state index in [-0.39, 0.29) is 18.1 Å². The van der Waals surface area contributed by atoms with Gasteiger partial charge in [0, 0.05) is 37.7 Å². The molecule has 4 rings (SSSR count). The van der Waals surface area contributed by atoms with Gasteiger partial charge >= 0.3 is 6.18 Å². The first kappa shape index (κ1) is 27.0. The number of hydrogen-bond donors (Lipinski definition) is 1. The highest BCUT2D eigenvalue weighted by atomic mass is 19.4. The molecule has 1 amide bonds. The maximum Gasteiger partial charge on any atom is 0.416 e. The predicted molar refractivity (Wildman–Crippen MR) is 135 cm³/mol. The molecule has 1 aliphatic heterocycles. The third kappa shape index (κ3) is 5.91. The van der Waals surface area contributed by atoms with Crippen LogP contribution in [-0.4, -0.2) is 52.5 Å². The van der Waals surface area contributed by atoms with E-state index in [4.69, 9.17) is 4.74 Å². The lowest BCUT2D eigenvalue weighted by Gasteiger charge is -2.26. The highest BCUT2D eigenvalue weighted by Gasteiger charge is 2.33. The Kier molecular flexibility index (Phi) is 7.63. The Morgan fingerprint density at radius 2 is 2.00 bits per heavy atom. The predicted octanol–water partition coefficient (Wildman–Crippen LogP) is 5.30. The molecule has 0 spiro atoms. The van der Waals surface area contributed by atoms with E-state index in [1.165, 1.54) is 7.11 Å². The molecule has 0 aliphatic carbocycles. The van der Waals surface area contributed by atoms with Gasteiger partial charge in [0.25, 0.3) is 5.69 Å². The van der Waals surface area contributed by atoms with Crippen molar-refractivity contribution in [2.24, 2.45) is 0 Å². The summed E-state index contributed by atoms with van der Waals surface area (Å²) in [5.41, 5.74) is 0.957. The molecule has 0 fully saturated rings. The van der Waals surface area contributed by atoms with Crippen molar-refractivity contribution in [1.82, 2.24) is 14.9 Å². The van der Waals surface area contributed by atoms with Crippen LogP contribution in [0.2, 0.25) is 0 Å². The van der Waals surface area contributed by atoms with Crippen LogP contribution in [0.4, 0.5) is 24.7 Å². The number of anilines is 1. The number of carbonyl (C=O) groups excluding carboxylic acids is 1. The van der Waals surface area contributed by atoms with Crippen LogP contribution in [0.5, 0.6) is 0 Å². The first-order valence-corrected chi connectivity index (χ1v) is 11.8. The van der Waals surface area contributed by atoms with Gasteiger partial charge in [-0.15, -0.1) is 0 Å². The maximum atomic E-state index is 13.4. The summed E-state index contributed by atoms with van der Waals surface area (Å²) in [5, 5.41) is 15.1. The Morgan fingerprint density at radius 1 is 1.24 bits per heavy atom. The number of non-ortho nitro benzene ring substituents is 1. The topological polar surface area (TPSA) is 110 Å². The van der Waals surface area contributed by atoms with E-state index >= 15 is 0 Å². The summed E-state index contributed by atoms with van der Waals surface area (Å²) in [7, 11) is 1.47. The van der Waals surface area contributed by atoms with Crippen LogP contribution in [0.3, 0.4) is 0 Å². The third-order valence-corrected chi connectivity index (χ3v) is 6.34. The lowest BCUT2D eigenvalue weighted by Crippen LogP contribution is -2.36. The molecule has 1 N–H and O–H groups in total. The van der Waals surface area contributed by atoms with E-state index in [2.05, 4.69) is 15.3 Å². The van der Waals surface area contributed by atoms with E-state index in [0.29, 0.717) is 48.1 Å². The van der Waals surface area contributed by atoms with Crippen molar-refractivity contribution in [3.8, 4) is 0 Å². The molecule has 0 unspecified atom stereocenters. The van der Waals surface area contributed by atoms with E-state index in [1.54, 1.807) is 18.7 Å². The molecule has 2 aromatic carbocycles. The number of hydrogen-bond acceptors (Lipinski definition) is 7. The fourth-order valence-electron chi connectivity index (χ4n) is 4.37. The van der Waals surface area contributed by atoms with Gasteiger partial charge in [0.2, 0.25) is 5.91 Å². The van der Waals surface area contributed by atoms with Crippen molar-refractivity contribution in [1.29, 1.82) is 0 Å². The number of benzene rings is 2. The number of ether oxygens (including phenoxy) is 1. The first-order chi connectivity index (χ1) is 18.0. The number of halogens is 3. The molecule has 0 bridgehead atoms. The summed E-state index contributed by atoms with van der Waals surface area (Å²) < 4.78 is 45.1. The summed E-state index contributed by atoms with van der Waals surface area (Å²) in [6.07, 6.45) is -2.11. The molecule has 3 aromatic rings. The number of carbonyl (C=O) groups is 1. The lowest BCUT2D eigenvalue weighted by atomic mass is 9.97. The Hall–Kier alpha value is -4.06. The smallest absolute Gasteiger partial charge is 0.375 e. The van der Waals surface area contributed by atoms with Crippen molar-refractivity contribution in [3.05, 3.63) is 75.1 Å². The number of nitro benzene ring substituents is 1. The normalized spacial score (nSPS) is 14.8. The number of nitro groups is 1. The van der Waals surface area contributed by atoms with E-state index in [1.807, 2.05) is 24.3 Å². The average Bonchev–Trinajstić information content (AvgIpc) is 2.87. The molecular formula is C26H26F3N5O4. The molecular weight excluding hydrogens is 503 g/mol. The zero-order valence-corrected chi connectivity index (χ0v) is 21.0. The quantitative estimate of drug-likeness (QED) is 0.327. The summed E-state index contributed by atoms with van der Waals surface area (Å²) in [6.45, 7) is 4.34. The van der Waals surface area contributed by atoms with Crippen molar-refractivity contribution in [2.75, 3.05) is 32.1 Å². The number of aromatic nitrogens is 2. The van der Waals surface area contributed by atoms with Crippen LogP contribution < -0.4 is 5.32 Å². The molecule has 200 valence electrons. The number of rotatable bonds is 7. The van der Waals surface area contributed by atoms with Crippen molar-refractivity contribution in [2.45, 2.75) is 32.5 Å². The molecule has 1 atom stereocenters. The molecule has 0 saturated heterocycles. The van der Waals surface area contributed by atoms with E-state index < -0.39 is 28.4 Å². The minimum atomic E-state index is -4.73. The van der Waals surface area contributed by atoms with E-state index in [9.17, 15) is 28.1 Å². The molecule has 12 heteroatoms. The molecule has 1 aliphatic rings. The van der Waals surface area contributed by atoms with Crippen molar-refractivity contribution >= 4 is 33.9 Å². The summed E-state index contributed by atoms with van der Waals surface area (Å²) in [6, 6.07) is 7.48. The van der Waals surface area contributed by atoms with Gasteiger partial charge in [-0.1, -0.05) is 12.1 Å². The van der Waals surface area contributed by atoms with E-state index in [0.717, 1.165) is 23.3 Å². The molecule has 38 heavy (non-hydrogen) atoms. The summed E-state index contributed by atoms with van der Waals surface area (Å²) >= 11 is 0. The fraction of sp³-hybridized carbons (Fsp3) is 0.346. The second kappa shape index (κ2) is 10.7. The van der Waals surface area contributed by atoms with Gasteiger partial charge in [0.15, 0.2) is 0 Å². The highest BCUT2D eigenvalue weighted by Crippen LogP contribution is 2.35. The SMILES string of the molecule is COCC(=O)N1CC=C(c2ccc3nc(C)nc(N[C@H](C)c4cc([N+](=O)[O-])cc(C(F)(F)F)c4)c3c2)CC1. The summed E-state index contributed by atoms with van der Waals surface area (Å²) in [5.74, 6) is 0.773. The largest absolute Gasteiger partial charge is 0.416 e. The van der Waals surface area contributed by atoms with Crippen molar-refractivity contribution < 1.29 is 27.6 Å². The number of nitrogens with one attached hydrogen (secondary N) is 1. The Bertz CT molecular complexity index is 1420. The standard InChI is InChI=1S/C26H26F3N5O4/c1-15(19-10-20(26(27,28)29)13-21(11-19)34(36)37)30-25-22-12-18(4-5-23(22)31-16(2)32-25)17-6-8-33(9-7-17)24(35)14-38-3/h4-6,10-13,15H,7-9,14H2,1-3H3,(H,30,31,32)/t15-/m1/s1. The van der Waals surface area contributed by atoms with Gasteiger partial charge < -0.3 is 15.0 Å². The van der Waals surface area contributed by atoms with Crippen LogP contribution in [0.25, 0.3) is 16.5 Å². The second-order valence-corrected chi connectivity index (χ2v) is 9.04. The van der Waals surface area contributed by atoms with Gasteiger partial charge in [-0.3, -0.25) is 14.9 Å². The number of nitrogens with zero attached hydrogens (tertiary/aromatic N) is 4. The number of methoxy groups -OCH3 is 1. The van der Waals surface area contributed by atoms with Gasteiger partial charge in [-0.05, 0) is 55.2 Å². The zero-order chi connectivity index (χ0) is 27.6. The number of amides is 1. The molecule has 0 radical (unpaired) electrons. The van der Waals surface area contributed by atoms with Crippen LogP contribution >= 0.6 is 0 Å². The van der Waals surface area contributed by atoms with Crippen LogP contribution in [-0.2, 0) is 15.7 Å². The Balaban J connectivity index is 1.67. The number of fused-ring (bicyclic) bond motifs is 1. The monoisotopic (exact) mass is 529 g/mol. The van der Waals surface area contributed by atoms with Crippen LogP contribution in [0.1, 0.15) is 41.9 Å². The fourth-order valence-corrected chi connectivity index (χ4v) is 4.37. The van der Waals surface area contributed by atoms with Gasteiger partial charge in [-0.25, -0.2) is 9.97 Å². The minimum absolute atomic E-state index is 0.0259. The number of alkyl halides is 3. The van der Waals surface area contributed by atoms with Crippen molar-refractivity contribution in [3.63, 3.8) is 0 Å². The Morgan fingerprint density at radius 3 is 2.63 bits per heavy atom. The Labute approximate surface area is 216 Å². The lowest BCUT2D eigenvalue weighted by molar-refractivity contribution is -0.385.